The minimum absolute atomic E-state index is 0.411. The lowest BCUT2D eigenvalue weighted by Gasteiger charge is -2.22. The maximum Gasteiger partial charge on any atom is 0.107 e. The van der Waals surface area contributed by atoms with Crippen LogP contribution in [0.5, 0.6) is 0 Å². The zero-order chi connectivity index (χ0) is 14.3. The molecule has 1 rings (SSSR count). The van der Waals surface area contributed by atoms with E-state index in [1.54, 1.807) is 18.4 Å². The Labute approximate surface area is 121 Å². The van der Waals surface area contributed by atoms with Crippen molar-refractivity contribution in [1.82, 2.24) is 15.2 Å². The standard InChI is InChI=1S/C14H27N3OS/c1-11(2)6-15-7-14-16-13(10-19-14)8-17(4)12(3)9-18-5/h10-12,15H,6-9H2,1-5H3. The van der Waals surface area contributed by atoms with Crippen molar-refractivity contribution in [2.75, 3.05) is 27.3 Å². The largest absolute Gasteiger partial charge is 0.383 e. The van der Waals surface area contributed by atoms with Crippen molar-refractivity contribution in [3.05, 3.63) is 16.1 Å². The van der Waals surface area contributed by atoms with Crippen LogP contribution in [0.4, 0.5) is 0 Å². The second kappa shape index (κ2) is 8.64. The fourth-order valence-corrected chi connectivity index (χ4v) is 2.50. The molecule has 0 saturated carbocycles. The van der Waals surface area contributed by atoms with Gasteiger partial charge in [0.15, 0.2) is 0 Å². The van der Waals surface area contributed by atoms with Crippen LogP contribution < -0.4 is 5.32 Å². The van der Waals surface area contributed by atoms with Crippen molar-refractivity contribution in [3.8, 4) is 0 Å². The minimum atomic E-state index is 0.411. The molecule has 1 aromatic heterocycles. The minimum Gasteiger partial charge on any atom is -0.383 e. The molecule has 0 aliphatic carbocycles. The Balaban J connectivity index is 2.37. The summed E-state index contributed by atoms with van der Waals surface area (Å²) in [4.78, 5) is 6.93. The summed E-state index contributed by atoms with van der Waals surface area (Å²) in [6.45, 7) is 10.1. The summed E-state index contributed by atoms with van der Waals surface area (Å²) >= 11 is 1.74. The number of likely N-dealkylation sites (N-methyl/N-ethyl adjacent to an activating group) is 1. The van der Waals surface area contributed by atoms with E-state index in [4.69, 9.17) is 4.74 Å². The first-order chi connectivity index (χ1) is 9.02. The summed E-state index contributed by atoms with van der Waals surface area (Å²) in [6, 6.07) is 0.411. The van der Waals surface area contributed by atoms with E-state index in [9.17, 15) is 0 Å². The third kappa shape index (κ3) is 6.47. The summed E-state index contributed by atoms with van der Waals surface area (Å²) in [6.07, 6.45) is 0. The van der Waals surface area contributed by atoms with Gasteiger partial charge in [-0.3, -0.25) is 4.90 Å². The first-order valence-corrected chi connectivity index (χ1v) is 7.74. The monoisotopic (exact) mass is 285 g/mol. The van der Waals surface area contributed by atoms with Crippen molar-refractivity contribution in [3.63, 3.8) is 0 Å². The van der Waals surface area contributed by atoms with Crippen molar-refractivity contribution in [1.29, 1.82) is 0 Å². The Morgan fingerprint density at radius 1 is 1.42 bits per heavy atom. The molecule has 19 heavy (non-hydrogen) atoms. The molecule has 1 unspecified atom stereocenters. The summed E-state index contributed by atoms with van der Waals surface area (Å²) in [7, 11) is 3.85. The Morgan fingerprint density at radius 2 is 2.16 bits per heavy atom. The van der Waals surface area contributed by atoms with Crippen LogP contribution in [0.25, 0.3) is 0 Å². The molecule has 1 atom stereocenters. The molecule has 0 radical (unpaired) electrons. The zero-order valence-electron chi connectivity index (χ0n) is 12.8. The van der Waals surface area contributed by atoms with Gasteiger partial charge in [-0.15, -0.1) is 11.3 Å². The van der Waals surface area contributed by atoms with Gasteiger partial charge in [-0.05, 0) is 26.4 Å². The van der Waals surface area contributed by atoms with Crippen LogP contribution in [-0.4, -0.2) is 43.2 Å². The summed E-state index contributed by atoms with van der Waals surface area (Å²) < 4.78 is 5.17. The third-order valence-corrected chi connectivity index (χ3v) is 3.90. The van der Waals surface area contributed by atoms with Gasteiger partial charge in [-0.2, -0.15) is 0 Å². The van der Waals surface area contributed by atoms with E-state index >= 15 is 0 Å². The highest BCUT2D eigenvalue weighted by Crippen LogP contribution is 2.12. The lowest BCUT2D eigenvalue weighted by atomic mass is 10.2. The van der Waals surface area contributed by atoms with Gasteiger partial charge >= 0.3 is 0 Å². The third-order valence-electron chi connectivity index (χ3n) is 3.00. The maximum atomic E-state index is 5.17. The molecule has 0 saturated heterocycles. The summed E-state index contributed by atoms with van der Waals surface area (Å²) in [5, 5.41) is 6.75. The Kier molecular flexibility index (Phi) is 7.53. The van der Waals surface area contributed by atoms with Crippen LogP contribution in [0.15, 0.2) is 5.38 Å². The van der Waals surface area contributed by atoms with Gasteiger partial charge in [0.1, 0.15) is 5.01 Å². The quantitative estimate of drug-likeness (QED) is 0.756. The van der Waals surface area contributed by atoms with E-state index in [2.05, 4.69) is 48.4 Å². The predicted octanol–water partition coefficient (Wildman–Crippen LogP) is 2.36. The highest BCUT2D eigenvalue weighted by Gasteiger charge is 2.11. The molecule has 110 valence electrons. The molecule has 1 aromatic rings. The number of thiazole rings is 1. The maximum absolute atomic E-state index is 5.17. The molecule has 0 aliphatic heterocycles. The first kappa shape index (κ1) is 16.6. The molecule has 4 nitrogen and oxygen atoms in total. The zero-order valence-corrected chi connectivity index (χ0v) is 13.6. The van der Waals surface area contributed by atoms with Gasteiger partial charge in [0.25, 0.3) is 0 Å². The van der Waals surface area contributed by atoms with Gasteiger partial charge in [-0.25, -0.2) is 4.98 Å². The number of aromatic nitrogens is 1. The van der Waals surface area contributed by atoms with Crippen molar-refractivity contribution >= 4 is 11.3 Å². The lowest BCUT2D eigenvalue weighted by Crippen LogP contribution is -2.32. The van der Waals surface area contributed by atoms with E-state index in [1.165, 1.54) is 5.01 Å². The number of ether oxygens (including phenoxy) is 1. The molecule has 0 spiro atoms. The number of nitrogens with zero attached hydrogens (tertiary/aromatic N) is 2. The van der Waals surface area contributed by atoms with Crippen LogP contribution in [0, 0.1) is 5.92 Å². The topological polar surface area (TPSA) is 37.4 Å². The molecule has 5 heteroatoms. The van der Waals surface area contributed by atoms with E-state index < -0.39 is 0 Å². The average molecular weight is 285 g/mol. The molecule has 0 aliphatic rings. The van der Waals surface area contributed by atoms with Gasteiger partial charge in [0.2, 0.25) is 0 Å². The van der Waals surface area contributed by atoms with Crippen LogP contribution in [0.1, 0.15) is 31.5 Å². The van der Waals surface area contributed by atoms with Crippen LogP contribution in [0.3, 0.4) is 0 Å². The van der Waals surface area contributed by atoms with Crippen molar-refractivity contribution in [2.24, 2.45) is 5.92 Å². The number of rotatable bonds is 9. The van der Waals surface area contributed by atoms with E-state index in [0.29, 0.717) is 12.0 Å². The van der Waals surface area contributed by atoms with E-state index in [1.807, 2.05) is 0 Å². The Hall–Kier alpha value is -0.490. The predicted molar refractivity (Wildman–Crippen MR) is 81.5 cm³/mol. The summed E-state index contributed by atoms with van der Waals surface area (Å²) in [5.41, 5.74) is 1.15. The van der Waals surface area contributed by atoms with Gasteiger partial charge in [0.05, 0.1) is 12.3 Å². The second-order valence-electron chi connectivity index (χ2n) is 5.48. The number of nitrogens with one attached hydrogen (secondary N) is 1. The Morgan fingerprint density at radius 3 is 2.79 bits per heavy atom. The SMILES string of the molecule is COCC(C)N(C)Cc1csc(CNCC(C)C)n1. The number of methoxy groups -OCH3 is 1. The smallest absolute Gasteiger partial charge is 0.107 e. The molecular formula is C14H27N3OS. The normalized spacial score (nSPS) is 13.4. The van der Waals surface area contributed by atoms with Crippen LogP contribution in [-0.2, 0) is 17.8 Å². The highest BCUT2D eigenvalue weighted by molar-refractivity contribution is 7.09. The molecule has 0 fully saturated rings. The van der Waals surface area contributed by atoms with E-state index in [0.717, 1.165) is 31.9 Å². The molecule has 0 bridgehead atoms. The second-order valence-corrected chi connectivity index (χ2v) is 6.42. The fourth-order valence-electron chi connectivity index (χ4n) is 1.75. The van der Waals surface area contributed by atoms with Gasteiger partial charge in [-0.1, -0.05) is 13.8 Å². The molecule has 1 heterocycles. The van der Waals surface area contributed by atoms with Gasteiger partial charge in [0, 0.05) is 31.6 Å². The van der Waals surface area contributed by atoms with Gasteiger partial charge < -0.3 is 10.1 Å². The van der Waals surface area contributed by atoms with E-state index in [-0.39, 0.29) is 0 Å². The fraction of sp³-hybridized carbons (Fsp3) is 0.786. The molecular weight excluding hydrogens is 258 g/mol. The van der Waals surface area contributed by atoms with Crippen LogP contribution >= 0.6 is 11.3 Å². The first-order valence-electron chi connectivity index (χ1n) is 6.86. The average Bonchev–Trinajstić information content (AvgIpc) is 2.76. The highest BCUT2D eigenvalue weighted by atomic mass is 32.1. The molecule has 0 aromatic carbocycles. The number of hydrogen-bond donors (Lipinski definition) is 1. The molecule has 1 N–H and O–H groups in total. The molecule has 0 amide bonds. The van der Waals surface area contributed by atoms with Crippen molar-refractivity contribution < 1.29 is 4.74 Å². The Bertz CT molecular complexity index is 354. The summed E-state index contributed by atoms with van der Waals surface area (Å²) in [5.74, 6) is 0.681. The van der Waals surface area contributed by atoms with Crippen LogP contribution in [0.2, 0.25) is 0 Å². The number of hydrogen-bond acceptors (Lipinski definition) is 5. The van der Waals surface area contributed by atoms with Crippen molar-refractivity contribution in [2.45, 2.75) is 39.9 Å². The lowest BCUT2D eigenvalue weighted by molar-refractivity contribution is 0.111.